The zero-order valence-electron chi connectivity index (χ0n) is 14.3. The molecule has 2 aromatic carbocycles. The van der Waals surface area contributed by atoms with Gasteiger partial charge < -0.3 is 20.1 Å². The average Bonchev–Trinajstić information content (AvgIpc) is 3.09. The number of fused-ring (bicyclic) bond motifs is 2. The van der Waals surface area contributed by atoms with Gasteiger partial charge in [0.1, 0.15) is 18.2 Å². The van der Waals surface area contributed by atoms with Gasteiger partial charge in [-0.2, -0.15) is 0 Å². The fourth-order valence-electron chi connectivity index (χ4n) is 2.81. The molecule has 0 saturated carbocycles. The molecule has 1 atom stereocenters. The number of amides is 2. The second-order valence-corrected chi connectivity index (χ2v) is 7.14. The molecule has 0 spiro atoms. The van der Waals surface area contributed by atoms with Crippen LogP contribution < -0.4 is 20.1 Å². The summed E-state index contributed by atoms with van der Waals surface area (Å²) in [4.78, 5) is 16.7. The summed E-state index contributed by atoms with van der Waals surface area (Å²) in [6.07, 6.45) is 0. The number of aromatic nitrogens is 1. The molecule has 0 saturated heterocycles. The predicted octanol–water partition coefficient (Wildman–Crippen LogP) is 3.63. The van der Waals surface area contributed by atoms with Crippen molar-refractivity contribution in [3.05, 3.63) is 53.0 Å². The minimum absolute atomic E-state index is 0.152. The summed E-state index contributed by atoms with van der Waals surface area (Å²) in [7, 11) is 0. The predicted molar refractivity (Wildman–Crippen MR) is 101 cm³/mol. The lowest BCUT2D eigenvalue weighted by atomic mass is 10.1. The Hall–Kier alpha value is -2.80. The fourth-order valence-corrected chi connectivity index (χ4v) is 3.72. The zero-order valence-corrected chi connectivity index (χ0v) is 15.1. The van der Waals surface area contributed by atoms with Gasteiger partial charge in [-0.25, -0.2) is 9.78 Å². The Kier molecular flexibility index (Phi) is 4.62. The minimum Gasteiger partial charge on any atom is -0.486 e. The highest BCUT2D eigenvalue weighted by molar-refractivity contribution is 7.18. The summed E-state index contributed by atoms with van der Waals surface area (Å²) in [6.45, 7) is 3.44. The number of carbonyl (C=O) groups excluding carboxylic acids is 1. The monoisotopic (exact) mass is 369 g/mol. The van der Waals surface area contributed by atoms with E-state index in [9.17, 15) is 4.79 Å². The van der Waals surface area contributed by atoms with Crippen molar-refractivity contribution in [1.29, 1.82) is 0 Å². The summed E-state index contributed by atoms with van der Waals surface area (Å²) < 4.78 is 12.2. The van der Waals surface area contributed by atoms with Gasteiger partial charge in [-0.1, -0.05) is 18.2 Å². The molecular formula is C19H19N3O3S. The number of para-hydroxylation sites is 1. The number of nitrogens with one attached hydrogen (secondary N) is 2. The molecule has 1 aliphatic rings. The van der Waals surface area contributed by atoms with Crippen molar-refractivity contribution < 1.29 is 14.3 Å². The minimum atomic E-state index is -0.230. The maximum atomic E-state index is 12.2. The average molecular weight is 369 g/mol. The van der Waals surface area contributed by atoms with Crippen LogP contribution >= 0.6 is 11.3 Å². The van der Waals surface area contributed by atoms with Crippen molar-refractivity contribution in [3.63, 3.8) is 0 Å². The van der Waals surface area contributed by atoms with Crippen LogP contribution in [0.25, 0.3) is 10.2 Å². The second-order valence-electron chi connectivity index (χ2n) is 6.03. The third-order valence-corrected chi connectivity index (χ3v) is 5.19. The first-order valence-electron chi connectivity index (χ1n) is 8.47. The Balaban J connectivity index is 1.35. The van der Waals surface area contributed by atoms with E-state index in [0.29, 0.717) is 19.8 Å². The summed E-state index contributed by atoms with van der Waals surface area (Å²) >= 11 is 1.59. The van der Waals surface area contributed by atoms with Gasteiger partial charge in [0.15, 0.2) is 11.5 Å². The number of ether oxygens (including phenoxy) is 2. The fraction of sp³-hybridized carbons (Fsp3) is 0.263. The number of nitrogens with zero attached hydrogens (tertiary/aromatic N) is 1. The van der Waals surface area contributed by atoms with Crippen LogP contribution in [0.15, 0.2) is 42.5 Å². The number of rotatable bonds is 4. The summed E-state index contributed by atoms with van der Waals surface area (Å²) in [6, 6.07) is 13.3. The molecule has 7 heteroatoms. The molecule has 6 nitrogen and oxygen atoms in total. The number of urea groups is 1. The first kappa shape index (κ1) is 16.7. The van der Waals surface area contributed by atoms with E-state index in [2.05, 4.69) is 15.6 Å². The lowest BCUT2D eigenvalue weighted by molar-refractivity contribution is 0.171. The van der Waals surface area contributed by atoms with Gasteiger partial charge >= 0.3 is 6.03 Å². The van der Waals surface area contributed by atoms with E-state index in [1.54, 1.807) is 11.3 Å². The molecular weight excluding hydrogens is 350 g/mol. The zero-order chi connectivity index (χ0) is 17.9. The second kappa shape index (κ2) is 7.21. The largest absolute Gasteiger partial charge is 0.486 e. The van der Waals surface area contributed by atoms with Gasteiger partial charge in [0.25, 0.3) is 0 Å². The standard InChI is InChI=1S/C19H19N3O3S/c1-12(13-6-7-15-16(10-13)25-9-8-24-15)21-19(23)20-11-18-22-14-4-2-3-5-17(14)26-18/h2-7,10,12H,8-9,11H2,1H3,(H2,20,21,23)/t12-/m0/s1. The molecule has 4 rings (SSSR count). The van der Waals surface area contributed by atoms with E-state index in [0.717, 1.165) is 32.3 Å². The topological polar surface area (TPSA) is 72.5 Å². The van der Waals surface area contributed by atoms with Crippen molar-refractivity contribution in [2.75, 3.05) is 13.2 Å². The Labute approximate surface area is 155 Å². The highest BCUT2D eigenvalue weighted by Gasteiger charge is 2.16. The van der Waals surface area contributed by atoms with Gasteiger partial charge in [-0.3, -0.25) is 0 Å². The van der Waals surface area contributed by atoms with Crippen molar-refractivity contribution in [1.82, 2.24) is 15.6 Å². The molecule has 0 aliphatic carbocycles. The van der Waals surface area contributed by atoms with E-state index in [1.807, 2.05) is 49.4 Å². The van der Waals surface area contributed by atoms with Gasteiger partial charge in [0.05, 0.1) is 22.8 Å². The lowest BCUT2D eigenvalue weighted by Crippen LogP contribution is -2.36. The summed E-state index contributed by atoms with van der Waals surface area (Å²) in [5.74, 6) is 1.46. The van der Waals surface area contributed by atoms with Crippen molar-refractivity contribution in [3.8, 4) is 11.5 Å². The molecule has 0 bridgehead atoms. The molecule has 26 heavy (non-hydrogen) atoms. The maximum absolute atomic E-state index is 12.2. The molecule has 2 N–H and O–H groups in total. The quantitative estimate of drug-likeness (QED) is 0.737. The van der Waals surface area contributed by atoms with Crippen LogP contribution in [-0.4, -0.2) is 24.2 Å². The number of carbonyl (C=O) groups is 1. The van der Waals surface area contributed by atoms with E-state index >= 15 is 0 Å². The number of thiazole rings is 1. The van der Waals surface area contributed by atoms with Crippen LogP contribution in [0.4, 0.5) is 4.79 Å². The first-order chi connectivity index (χ1) is 12.7. The SMILES string of the molecule is C[C@H](NC(=O)NCc1nc2ccccc2s1)c1ccc2c(c1)OCCO2. The molecule has 1 aliphatic heterocycles. The smallest absolute Gasteiger partial charge is 0.315 e. The summed E-state index contributed by atoms with van der Waals surface area (Å²) in [5.41, 5.74) is 1.92. The molecule has 134 valence electrons. The Bertz CT molecular complexity index is 908. The molecule has 3 aromatic rings. The number of hydrogen-bond donors (Lipinski definition) is 2. The van der Waals surface area contributed by atoms with Crippen LogP contribution in [0.2, 0.25) is 0 Å². The van der Waals surface area contributed by atoms with Crippen LogP contribution in [0, 0.1) is 0 Å². The molecule has 0 unspecified atom stereocenters. The van der Waals surface area contributed by atoms with Gasteiger partial charge in [-0.05, 0) is 36.8 Å². The molecule has 1 aromatic heterocycles. The van der Waals surface area contributed by atoms with Gasteiger partial charge in [0, 0.05) is 0 Å². The maximum Gasteiger partial charge on any atom is 0.315 e. The molecule has 2 amide bonds. The van der Waals surface area contributed by atoms with Crippen LogP contribution in [-0.2, 0) is 6.54 Å². The van der Waals surface area contributed by atoms with Gasteiger partial charge in [-0.15, -0.1) is 11.3 Å². The van der Waals surface area contributed by atoms with Crippen molar-refractivity contribution in [2.24, 2.45) is 0 Å². The molecule has 0 radical (unpaired) electrons. The summed E-state index contributed by atoms with van der Waals surface area (Å²) in [5, 5.41) is 6.68. The van der Waals surface area contributed by atoms with Crippen molar-refractivity contribution >= 4 is 27.6 Å². The first-order valence-corrected chi connectivity index (χ1v) is 9.29. The van der Waals surface area contributed by atoms with E-state index in [-0.39, 0.29) is 12.1 Å². The van der Waals surface area contributed by atoms with E-state index in [1.165, 1.54) is 0 Å². The number of benzene rings is 2. The van der Waals surface area contributed by atoms with Crippen LogP contribution in [0.1, 0.15) is 23.5 Å². The van der Waals surface area contributed by atoms with E-state index in [4.69, 9.17) is 9.47 Å². The number of hydrogen-bond acceptors (Lipinski definition) is 5. The molecule has 2 heterocycles. The highest BCUT2D eigenvalue weighted by Crippen LogP contribution is 2.32. The van der Waals surface area contributed by atoms with Crippen LogP contribution in [0.3, 0.4) is 0 Å². The highest BCUT2D eigenvalue weighted by atomic mass is 32.1. The molecule has 0 fully saturated rings. The Morgan fingerprint density at radius 3 is 2.85 bits per heavy atom. The van der Waals surface area contributed by atoms with Crippen LogP contribution in [0.5, 0.6) is 11.5 Å². The third kappa shape index (κ3) is 3.57. The Morgan fingerprint density at radius 1 is 1.19 bits per heavy atom. The van der Waals surface area contributed by atoms with Gasteiger partial charge in [0.2, 0.25) is 0 Å². The van der Waals surface area contributed by atoms with Crippen molar-refractivity contribution in [2.45, 2.75) is 19.5 Å². The van der Waals surface area contributed by atoms with E-state index < -0.39 is 0 Å². The lowest BCUT2D eigenvalue weighted by Gasteiger charge is -2.21. The Morgan fingerprint density at radius 2 is 2.00 bits per heavy atom. The third-order valence-electron chi connectivity index (χ3n) is 4.15. The normalized spacial score (nSPS) is 14.0.